The molecule has 2 aromatic rings. The minimum atomic E-state index is -0.455. The molecule has 0 aliphatic heterocycles. The number of methoxy groups -OCH3 is 1. The minimum absolute atomic E-state index is 0.150. The third kappa shape index (κ3) is 4.28. The van der Waals surface area contributed by atoms with Crippen LogP contribution in [-0.4, -0.2) is 19.7 Å². The van der Waals surface area contributed by atoms with Crippen LogP contribution in [-0.2, 0) is 4.79 Å². The summed E-state index contributed by atoms with van der Waals surface area (Å²) in [6, 6.07) is 14.0. The summed E-state index contributed by atoms with van der Waals surface area (Å²) in [5, 5.41) is 0. The Balaban J connectivity index is 1.83. The van der Waals surface area contributed by atoms with E-state index in [2.05, 4.69) is 15.9 Å². The Morgan fingerprint density at radius 2 is 1.50 bits per heavy atom. The highest BCUT2D eigenvalue weighted by atomic mass is 79.9. The third-order valence-electron chi connectivity index (χ3n) is 2.46. The van der Waals surface area contributed by atoms with Crippen LogP contribution in [0.15, 0.2) is 53.0 Å². The summed E-state index contributed by atoms with van der Waals surface area (Å²) in [6.07, 6.45) is 0. The molecule has 0 spiro atoms. The second-order valence-corrected chi connectivity index (χ2v) is 4.81. The Morgan fingerprint density at radius 3 is 2.10 bits per heavy atom. The number of carbonyl (C=O) groups excluding carboxylic acids is 1. The van der Waals surface area contributed by atoms with Crippen LogP contribution in [0.1, 0.15) is 0 Å². The highest BCUT2D eigenvalue weighted by molar-refractivity contribution is 9.10. The van der Waals surface area contributed by atoms with Crippen LogP contribution in [0.5, 0.6) is 17.2 Å². The zero-order valence-electron chi connectivity index (χ0n) is 10.8. The van der Waals surface area contributed by atoms with E-state index in [-0.39, 0.29) is 6.61 Å². The maximum atomic E-state index is 11.6. The molecule has 2 aromatic carbocycles. The number of hydrogen-bond acceptors (Lipinski definition) is 4. The van der Waals surface area contributed by atoms with Crippen molar-refractivity contribution in [1.82, 2.24) is 0 Å². The van der Waals surface area contributed by atoms with Crippen LogP contribution >= 0.6 is 15.9 Å². The van der Waals surface area contributed by atoms with Crippen LogP contribution < -0.4 is 14.2 Å². The number of benzene rings is 2. The quantitative estimate of drug-likeness (QED) is 0.619. The van der Waals surface area contributed by atoms with Gasteiger partial charge in [0.2, 0.25) is 0 Å². The zero-order chi connectivity index (χ0) is 14.4. The zero-order valence-corrected chi connectivity index (χ0v) is 12.4. The standard InChI is InChI=1S/C15H13BrO4/c1-18-12-6-8-13(9-7-12)19-10-15(17)20-14-4-2-11(16)3-5-14/h2-9H,10H2,1H3. The van der Waals surface area contributed by atoms with E-state index in [1.807, 2.05) is 0 Å². The van der Waals surface area contributed by atoms with E-state index in [1.54, 1.807) is 55.6 Å². The molecule has 0 aromatic heterocycles. The fourth-order valence-corrected chi connectivity index (χ4v) is 1.74. The van der Waals surface area contributed by atoms with Gasteiger partial charge in [0.25, 0.3) is 0 Å². The number of ether oxygens (including phenoxy) is 3. The second kappa shape index (κ2) is 6.96. The molecule has 0 heterocycles. The van der Waals surface area contributed by atoms with Crippen LogP contribution in [0.3, 0.4) is 0 Å². The van der Waals surface area contributed by atoms with Gasteiger partial charge >= 0.3 is 5.97 Å². The van der Waals surface area contributed by atoms with Gasteiger partial charge < -0.3 is 14.2 Å². The summed E-state index contributed by atoms with van der Waals surface area (Å²) < 4.78 is 16.4. The molecule has 0 aliphatic rings. The Labute approximate surface area is 125 Å². The Hall–Kier alpha value is -2.01. The number of hydrogen-bond donors (Lipinski definition) is 0. The predicted molar refractivity (Wildman–Crippen MR) is 78.3 cm³/mol. The molecule has 0 bridgehead atoms. The third-order valence-corrected chi connectivity index (χ3v) is 2.99. The fourth-order valence-electron chi connectivity index (χ4n) is 1.48. The highest BCUT2D eigenvalue weighted by Crippen LogP contribution is 2.18. The van der Waals surface area contributed by atoms with Gasteiger partial charge in [-0.3, -0.25) is 0 Å². The van der Waals surface area contributed by atoms with Crippen molar-refractivity contribution in [3.63, 3.8) is 0 Å². The largest absolute Gasteiger partial charge is 0.497 e. The van der Waals surface area contributed by atoms with E-state index < -0.39 is 5.97 Å². The van der Waals surface area contributed by atoms with Crippen LogP contribution in [0.2, 0.25) is 0 Å². The van der Waals surface area contributed by atoms with Crippen molar-refractivity contribution in [2.75, 3.05) is 13.7 Å². The van der Waals surface area contributed by atoms with Gasteiger partial charge in [-0.1, -0.05) is 15.9 Å². The number of rotatable bonds is 5. The Morgan fingerprint density at radius 1 is 0.950 bits per heavy atom. The molecule has 0 unspecified atom stereocenters. The summed E-state index contributed by atoms with van der Waals surface area (Å²) in [5.41, 5.74) is 0. The molecule has 0 aliphatic carbocycles. The second-order valence-electron chi connectivity index (χ2n) is 3.89. The number of esters is 1. The van der Waals surface area contributed by atoms with Crippen molar-refractivity contribution in [1.29, 1.82) is 0 Å². The molecule has 0 saturated carbocycles. The van der Waals surface area contributed by atoms with Crippen molar-refractivity contribution in [2.45, 2.75) is 0 Å². The van der Waals surface area contributed by atoms with Crippen molar-refractivity contribution in [3.8, 4) is 17.2 Å². The molecule has 104 valence electrons. The minimum Gasteiger partial charge on any atom is -0.497 e. The molecule has 0 saturated heterocycles. The lowest BCUT2D eigenvalue weighted by Gasteiger charge is -2.07. The maximum Gasteiger partial charge on any atom is 0.349 e. The van der Waals surface area contributed by atoms with Crippen LogP contribution in [0.25, 0.3) is 0 Å². The average Bonchev–Trinajstić information content (AvgIpc) is 2.48. The van der Waals surface area contributed by atoms with E-state index in [1.165, 1.54) is 0 Å². The Bertz CT molecular complexity index is 563. The molecule has 5 heteroatoms. The first kappa shape index (κ1) is 14.4. The summed E-state index contributed by atoms with van der Waals surface area (Å²) in [4.78, 5) is 11.6. The van der Waals surface area contributed by atoms with Crippen molar-refractivity contribution >= 4 is 21.9 Å². The average molecular weight is 337 g/mol. The van der Waals surface area contributed by atoms with Gasteiger partial charge in [-0.2, -0.15) is 0 Å². The lowest BCUT2D eigenvalue weighted by atomic mass is 10.3. The van der Waals surface area contributed by atoms with E-state index in [4.69, 9.17) is 14.2 Å². The molecule has 0 N–H and O–H groups in total. The van der Waals surface area contributed by atoms with Gasteiger partial charge in [-0.25, -0.2) is 4.79 Å². The first-order valence-electron chi connectivity index (χ1n) is 5.90. The molecule has 0 fully saturated rings. The van der Waals surface area contributed by atoms with Crippen molar-refractivity contribution in [3.05, 3.63) is 53.0 Å². The molecule has 0 atom stereocenters. The van der Waals surface area contributed by atoms with Gasteiger partial charge in [0.05, 0.1) is 7.11 Å². The van der Waals surface area contributed by atoms with Gasteiger partial charge in [-0.15, -0.1) is 0 Å². The van der Waals surface area contributed by atoms with Gasteiger partial charge in [0, 0.05) is 4.47 Å². The summed E-state index contributed by atoms with van der Waals surface area (Å²) in [5.74, 6) is 1.34. The maximum absolute atomic E-state index is 11.6. The van der Waals surface area contributed by atoms with Crippen molar-refractivity contribution in [2.24, 2.45) is 0 Å². The van der Waals surface area contributed by atoms with E-state index >= 15 is 0 Å². The van der Waals surface area contributed by atoms with Gasteiger partial charge in [-0.05, 0) is 48.5 Å². The summed E-state index contributed by atoms with van der Waals surface area (Å²) in [6.45, 7) is -0.150. The van der Waals surface area contributed by atoms with Gasteiger partial charge in [0.1, 0.15) is 17.2 Å². The molecule has 20 heavy (non-hydrogen) atoms. The van der Waals surface area contributed by atoms with Crippen LogP contribution in [0.4, 0.5) is 0 Å². The lowest BCUT2D eigenvalue weighted by Crippen LogP contribution is -2.17. The molecule has 2 rings (SSSR count). The first-order chi connectivity index (χ1) is 9.67. The van der Waals surface area contributed by atoms with Crippen LogP contribution in [0, 0.1) is 0 Å². The van der Waals surface area contributed by atoms with E-state index in [9.17, 15) is 4.79 Å². The summed E-state index contributed by atoms with van der Waals surface area (Å²) >= 11 is 3.31. The molecular weight excluding hydrogens is 324 g/mol. The smallest absolute Gasteiger partial charge is 0.349 e. The van der Waals surface area contributed by atoms with E-state index in [0.717, 1.165) is 10.2 Å². The normalized spacial score (nSPS) is 9.90. The summed E-state index contributed by atoms with van der Waals surface area (Å²) in [7, 11) is 1.59. The lowest BCUT2D eigenvalue weighted by molar-refractivity contribution is -0.136. The first-order valence-corrected chi connectivity index (χ1v) is 6.70. The molecule has 0 amide bonds. The number of carbonyl (C=O) groups is 1. The Kier molecular flexibility index (Phi) is 5.01. The molecular formula is C15H13BrO4. The topological polar surface area (TPSA) is 44.8 Å². The van der Waals surface area contributed by atoms with E-state index in [0.29, 0.717) is 11.5 Å². The van der Waals surface area contributed by atoms with Gasteiger partial charge in [0.15, 0.2) is 6.61 Å². The monoisotopic (exact) mass is 336 g/mol. The van der Waals surface area contributed by atoms with Crippen molar-refractivity contribution < 1.29 is 19.0 Å². The predicted octanol–water partition coefficient (Wildman–Crippen LogP) is 3.44. The number of halogens is 1. The fraction of sp³-hybridized carbons (Fsp3) is 0.133. The highest BCUT2D eigenvalue weighted by Gasteiger charge is 2.06. The molecule has 4 nitrogen and oxygen atoms in total. The SMILES string of the molecule is COc1ccc(OCC(=O)Oc2ccc(Br)cc2)cc1. The molecule has 0 radical (unpaired) electrons.